The van der Waals surface area contributed by atoms with Crippen LogP contribution in [0.4, 0.5) is 0 Å². The van der Waals surface area contributed by atoms with Gasteiger partial charge >= 0.3 is 0 Å². The van der Waals surface area contributed by atoms with E-state index >= 15 is 0 Å². The highest BCUT2D eigenvalue weighted by atomic mass is 16.5. The molecule has 1 heterocycles. The molecule has 5 heteroatoms. The van der Waals surface area contributed by atoms with Crippen molar-refractivity contribution >= 4 is 0 Å². The minimum atomic E-state index is -0.390. The fourth-order valence-electron chi connectivity index (χ4n) is 2.39. The van der Waals surface area contributed by atoms with Crippen molar-refractivity contribution in [3.8, 4) is 5.75 Å². The van der Waals surface area contributed by atoms with Crippen LogP contribution in [-0.2, 0) is 13.0 Å². The van der Waals surface area contributed by atoms with E-state index in [9.17, 15) is 5.11 Å². The lowest BCUT2D eigenvalue weighted by Crippen LogP contribution is -2.18. The number of benzene rings is 1. The normalized spacial score (nSPS) is 12.6. The summed E-state index contributed by atoms with van der Waals surface area (Å²) in [5, 5.41) is 14.5. The fourth-order valence-corrected chi connectivity index (χ4v) is 2.39. The number of rotatable bonds is 7. The number of ether oxygens (including phenoxy) is 1. The summed E-state index contributed by atoms with van der Waals surface area (Å²) >= 11 is 0. The van der Waals surface area contributed by atoms with E-state index in [0.717, 1.165) is 23.0 Å². The predicted octanol–water partition coefficient (Wildman–Crippen LogP) is 2.77. The number of nitrogens with zero attached hydrogens (tertiary/aromatic N) is 3. The number of hydrogen-bond acceptors (Lipinski definition) is 4. The van der Waals surface area contributed by atoms with Gasteiger partial charge in [-0.3, -0.25) is 0 Å². The zero-order valence-electron chi connectivity index (χ0n) is 13.8. The Bertz CT molecular complexity index is 608. The van der Waals surface area contributed by atoms with E-state index in [2.05, 4.69) is 23.9 Å². The molecule has 1 aromatic carbocycles. The zero-order valence-corrected chi connectivity index (χ0v) is 13.8. The highest BCUT2D eigenvalue weighted by molar-refractivity contribution is 5.35. The Labute approximate surface area is 132 Å². The topological polar surface area (TPSA) is 60.2 Å². The molecule has 0 aliphatic carbocycles. The first-order chi connectivity index (χ1) is 10.5. The molecule has 0 aliphatic rings. The quantitative estimate of drug-likeness (QED) is 0.854. The molecular weight excluding hydrogens is 278 g/mol. The summed E-state index contributed by atoms with van der Waals surface area (Å²) in [5.41, 5.74) is 1.06. The lowest BCUT2D eigenvalue weighted by atomic mass is 10.1. The summed E-state index contributed by atoms with van der Waals surface area (Å²) in [6.07, 6.45) is 0.941. The Morgan fingerprint density at radius 3 is 2.64 bits per heavy atom. The molecule has 0 saturated heterocycles. The third-order valence-electron chi connectivity index (χ3n) is 3.66. The highest BCUT2D eigenvalue weighted by Gasteiger charge is 2.16. The molecule has 0 aliphatic heterocycles. The van der Waals surface area contributed by atoms with Gasteiger partial charge in [0.05, 0.1) is 19.8 Å². The summed E-state index contributed by atoms with van der Waals surface area (Å²) in [5.74, 6) is 2.79. The molecule has 0 amide bonds. The van der Waals surface area contributed by atoms with Gasteiger partial charge in [0.2, 0.25) is 0 Å². The number of methoxy groups -OCH3 is 1. The van der Waals surface area contributed by atoms with Crippen LogP contribution in [0.25, 0.3) is 0 Å². The van der Waals surface area contributed by atoms with E-state index < -0.39 is 6.10 Å². The van der Waals surface area contributed by atoms with Crippen molar-refractivity contribution < 1.29 is 9.84 Å². The molecular formula is C17H25N3O2. The Balaban J connectivity index is 2.26. The molecule has 2 aromatic rings. The number of aliphatic hydroxyl groups is 1. The second kappa shape index (κ2) is 7.40. The van der Waals surface area contributed by atoms with Crippen LogP contribution in [-0.4, -0.2) is 33.1 Å². The molecule has 1 aromatic heterocycles. The van der Waals surface area contributed by atoms with E-state index in [0.29, 0.717) is 19.4 Å². The fraction of sp³-hybridized carbons (Fsp3) is 0.529. The third-order valence-corrected chi connectivity index (χ3v) is 3.66. The van der Waals surface area contributed by atoms with E-state index in [1.807, 2.05) is 35.9 Å². The number of hydrogen-bond donors (Lipinski definition) is 1. The Hall–Kier alpha value is -1.88. The zero-order chi connectivity index (χ0) is 16.1. The van der Waals surface area contributed by atoms with Crippen molar-refractivity contribution in [3.05, 3.63) is 41.5 Å². The van der Waals surface area contributed by atoms with Crippen molar-refractivity contribution in [1.29, 1.82) is 0 Å². The van der Waals surface area contributed by atoms with Crippen molar-refractivity contribution in [2.45, 2.75) is 52.2 Å². The van der Waals surface area contributed by atoms with Crippen molar-refractivity contribution in [2.24, 2.45) is 0 Å². The summed E-state index contributed by atoms with van der Waals surface area (Å²) < 4.78 is 7.22. The van der Waals surface area contributed by atoms with Gasteiger partial charge < -0.3 is 9.84 Å². The molecule has 0 bridgehead atoms. The summed E-state index contributed by atoms with van der Waals surface area (Å²) in [7, 11) is 1.67. The standard InChI is InChI=1S/C17H25N3O2/c1-5-14(21)11-20-17(12(2)3)18-16(19-20)10-13-8-6-7-9-15(13)22-4/h6-9,12,14,21H,5,10-11H2,1-4H3/t14-/m1/s1. The third kappa shape index (κ3) is 3.85. The highest BCUT2D eigenvalue weighted by Crippen LogP contribution is 2.21. The second-order valence-corrected chi connectivity index (χ2v) is 5.77. The summed E-state index contributed by atoms with van der Waals surface area (Å²) in [4.78, 5) is 4.65. The molecule has 120 valence electrons. The van der Waals surface area contributed by atoms with Gasteiger partial charge in [0.15, 0.2) is 5.82 Å². The minimum Gasteiger partial charge on any atom is -0.496 e. The van der Waals surface area contributed by atoms with Gasteiger partial charge in [0.1, 0.15) is 11.6 Å². The van der Waals surface area contributed by atoms with Gasteiger partial charge in [-0.1, -0.05) is 39.0 Å². The average Bonchev–Trinajstić information content (AvgIpc) is 2.90. The molecule has 0 fully saturated rings. The molecule has 0 saturated carbocycles. The van der Waals surface area contributed by atoms with Crippen molar-refractivity contribution in [3.63, 3.8) is 0 Å². The van der Waals surface area contributed by atoms with Crippen LogP contribution in [0.3, 0.4) is 0 Å². The number of aliphatic hydroxyl groups excluding tert-OH is 1. The first kappa shape index (κ1) is 16.5. The number of aromatic nitrogens is 3. The van der Waals surface area contributed by atoms with Crippen LogP contribution in [0.15, 0.2) is 24.3 Å². The van der Waals surface area contributed by atoms with E-state index in [1.165, 1.54) is 0 Å². The van der Waals surface area contributed by atoms with Gasteiger partial charge in [0.25, 0.3) is 0 Å². The summed E-state index contributed by atoms with van der Waals surface area (Å²) in [6, 6.07) is 7.90. The number of para-hydroxylation sites is 1. The van der Waals surface area contributed by atoms with Crippen molar-refractivity contribution in [2.75, 3.05) is 7.11 Å². The molecule has 5 nitrogen and oxygen atoms in total. The molecule has 0 radical (unpaired) electrons. The van der Waals surface area contributed by atoms with E-state index in [1.54, 1.807) is 7.11 Å². The van der Waals surface area contributed by atoms with Gasteiger partial charge in [-0.05, 0) is 12.5 Å². The average molecular weight is 303 g/mol. The summed E-state index contributed by atoms with van der Waals surface area (Å²) in [6.45, 7) is 6.63. The molecule has 22 heavy (non-hydrogen) atoms. The largest absolute Gasteiger partial charge is 0.496 e. The smallest absolute Gasteiger partial charge is 0.155 e. The lowest BCUT2D eigenvalue weighted by molar-refractivity contribution is 0.143. The maximum absolute atomic E-state index is 9.89. The predicted molar refractivity (Wildman–Crippen MR) is 86.2 cm³/mol. The van der Waals surface area contributed by atoms with Crippen LogP contribution in [0.1, 0.15) is 50.3 Å². The maximum Gasteiger partial charge on any atom is 0.155 e. The van der Waals surface area contributed by atoms with Crippen LogP contribution in [0.5, 0.6) is 5.75 Å². The van der Waals surface area contributed by atoms with Gasteiger partial charge in [-0.25, -0.2) is 9.67 Å². The van der Waals surface area contributed by atoms with E-state index in [-0.39, 0.29) is 5.92 Å². The van der Waals surface area contributed by atoms with Crippen LogP contribution < -0.4 is 4.74 Å². The van der Waals surface area contributed by atoms with E-state index in [4.69, 9.17) is 4.74 Å². The van der Waals surface area contributed by atoms with Crippen LogP contribution in [0, 0.1) is 0 Å². The van der Waals surface area contributed by atoms with Crippen molar-refractivity contribution in [1.82, 2.24) is 14.8 Å². The first-order valence-corrected chi connectivity index (χ1v) is 7.78. The monoisotopic (exact) mass is 303 g/mol. The molecule has 1 N–H and O–H groups in total. The lowest BCUT2D eigenvalue weighted by Gasteiger charge is -2.11. The van der Waals surface area contributed by atoms with Gasteiger partial charge in [0, 0.05) is 17.9 Å². The Kier molecular flexibility index (Phi) is 5.55. The molecule has 0 spiro atoms. The maximum atomic E-state index is 9.89. The first-order valence-electron chi connectivity index (χ1n) is 7.78. The molecule has 0 unspecified atom stereocenters. The van der Waals surface area contributed by atoms with Gasteiger partial charge in [-0.15, -0.1) is 0 Å². The molecule has 2 rings (SSSR count). The molecule has 1 atom stereocenters. The second-order valence-electron chi connectivity index (χ2n) is 5.77. The Morgan fingerprint density at radius 1 is 1.27 bits per heavy atom. The van der Waals surface area contributed by atoms with Crippen LogP contribution >= 0.6 is 0 Å². The SMILES string of the molecule is CC[C@@H](O)Cn1nc(Cc2ccccc2OC)nc1C(C)C. The van der Waals surface area contributed by atoms with Crippen LogP contribution in [0.2, 0.25) is 0 Å². The Morgan fingerprint density at radius 2 is 2.00 bits per heavy atom. The minimum absolute atomic E-state index is 0.267. The van der Waals surface area contributed by atoms with Gasteiger partial charge in [-0.2, -0.15) is 5.10 Å².